The van der Waals surface area contributed by atoms with Crippen LogP contribution in [-0.4, -0.2) is 58.8 Å². The van der Waals surface area contributed by atoms with Crippen molar-refractivity contribution in [2.24, 2.45) is 46.3 Å². The van der Waals surface area contributed by atoms with E-state index in [0.29, 0.717) is 18.8 Å². The average Bonchev–Trinajstić information content (AvgIpc) is 3.16. The van der Waals surface area contributed by atoms with Gasteiger partial charge in [-0.2, -0.15) is 0 Å². The summed E-state index contributed by atoms with van der Waals surface area (Å²) in [6.07, 6.45) is 5.81. The van der Waals surface area contributed by atoms with Crippen LogP contribution in [0.1, 0.15) is 85.5 Å². The Labute approximate surface area is 210 Å². The standard InChI is InChI=1S/C28H46O7/c1-5-34-25(33)15-35-24(32)9-6-16(2)19-7-8-20-26-21(14-23(31)28(19,20)4)27(3)11-10-18(29)12-17(27)13-22(26)30/h16-23,26,29-31H,5-15H2,1-4H3/t16-,17+,18-,19-,20+,21+,22-,23+,26+,27+,28-/m1/s1. The molecular weight excluding hydrogens is 448 g/mol. The third-order valence-corrected chi connectivity index (χ3v) is 11.0. The van der Waals surface area contributed by atoms with Crippen LogP contribution in [0.25, 0.3) is 0 Å². The van der Waals surface area contributed by atoms with Gasteiger partial charge in [0.05, 0.1) is 24.9 Å². The number of esters is 2. The molecule has 0 aliphatic heterocycles. The highest BCUT2D eigenvalue weighted by atomic mass is 16.6. The summed E-state index contributed by atoms with van der Waals surface area (Å²) in [6, 6.07) is 0. The lowest BCUT2D eigenvalue weighted by atomic mass is 9.43. The average molecular weight is 495 g/mol. The number of carbonyl (C=O) groups excluding carboxylic acids is 2. The van der Waals surface area contributed by atoms with E-state index in [9.17, 15) is 24.9 Å². The first-order chi connectivity index (χ1) is 16.5. The third-order valence-electron chi connectivity index (χ3n) is 11.0. The summed E-state index contributed by atoms with van der Waals surface area (Å²) in [5.41, 5.74) is -0.217. The Morgan fingerprint density at radius 1 is 0.971 bits per heavy atom. The first kappa shape index (κ1) is 26.9. The number of hydrogen-bond acceptors (Lipinski definition) is 7. The number of aliphatic hydroxyl groups is 3. The van der Waals surface area contributed by atoms with E-state index < -0.39 is 18.0 Å². The zero-order valence-corrected chi connectivity index (χ0v) is 21.9. The summed E-state index contributed by atoms with van der Waals surface area (Å²) in [4.78, 5) is 23.6. The number of ether oxygens (including phenoxy) is 2. The fourth-order valence-electron chi connectivity index (χ4n) is 9.09. The van der Waals surface area contributed by atoms with Gasteiger partial charge in [0.2, 0.25) is 0 Å². The second-order valence-electron chi connectivity index (χ2n) is 12.5. The van der Waals surface area contributed by atoms with Gasteiger partial charge in [0.25, 0.3) is 0 Å². The molecule has 4 aliphatic rings. The van der Waals surface area contributed by atoms with Gasteiger partial charge in [-0.3, -0.25) is 4.79 Å². The molecule has 0 bridgehead atoms. The molecule has 0 spiro atoms. The van der Waals surface area contributed by atoms with Crippen molar-refractivity contribution in [2.75, 3.05) is 13.2 Å². The Morgan fingerprint density at radius 2 is 1.71 bits per heavy atom. The topological polar surface area (TPSA) is 113 Å². The van der Waals surface area contributed by atoms with Crippen molar-refractivity contribution in [3.8, 4) is 0 Å². The van der Waals surface area contributed by atoms with E-state index in [1.165, 1.54) is 0 Å². The van der Waals surface area contributed by atoms with Gasteiger partial charge in [-0.05, 0) is 105 Å². The van der Waals surface area contributed by atoms with E-state index in [1.807, 2.05) is 0 Å². The maximum Gasteiger partial charge on any atom is 0.344 e. The summed E-state index contributed by atoms with van der Waals surface area (Å²) in [7, 11) is 0. The molecule has 4 rings (SSSR count). The predicted molar refractivity (Wildman–Crippen MR) is 130 cm³/mol. The molecule has 35 heavy (non-hydrogen) atoms. The first-order valence-electron chi connectivity index (χ1n) is 13.9. The molecule has 200 valence electrons. The Kier molecular flexibility index (Phi) is 7.90. The van der Waals surface area contributed by atoms with Gasteiger partial charge in [0, 0.05) is 6.42 Å². The van der Waals surface area contributed by atoms with Gasteiger partial charge in [-0.1, -0.05) is 20.8 Å². The molecule has 0 amide bonds. The Hall–Kier alpha value is -1.18. The highest BCUT2D eigenvalue weighted by Gasteiger charge is 2.65. The van der Waals surface area contributed by atoms with Gasteiger partial charge >= 0.3 is 11.9 Å². The third kappa shape index (κ3) is 4.77. The molecule has 11 atom stereocenters. The van der Waals surface area contributed by atoms with Gasteiger partial charge in [-0.25, -0.2) is 4.79 Å². The largest absolute Gasteiger partial charge is 0.463 e. The Morgan fingerprint density at radius 3 is 2.43 bits per heavy atom. The minimum absolute atomic E-state index is 0.0673. The van der Waals surface area contributed by atoms with Gasteiger partial charge in [-0.15, -0.1) is 0 Å². The summed E-state index contributed by atoms with van der Waals surface area (Å²) < 4.78 is 9.87. The zero-order valence-electron chi connectivity index (χ0n) is 21.9. The van der Waals surface area contributed by atoms with Crippen molar-refractivity contribution in [3.05, 3.63) is 0 Å². The summed E-state index contributed by atoms with van der Waals surface area (Å²) in [5.74, 6) is 0.613. The molecule has 0 aromatic heterocycles. The summed E-state index contributed by atoms with van der Waals surface area (Å²) in [5, 5.41) is 33.3. The fourth-order valence-corrected chi connectivity index (χ4v) is 9.09. The van der Waals surface area contributed by atoms with Crippen LogP contribution in [-0.2, 0) is 19.1 Å². The van der Waals surface area contributed by atoms with Crippen molar-refractivity contribution in [1.82, 2.24) is 0 Å². The molecule has 0 aromatic carbocycles. The highest BCUT2D eigenvalue weighted by Crippen LogP contribution is 2.68. The molecule has 7 nitrogen and oxygen atoms in total. The quantitative estimate of drug-likeness (QED) is 0.465. The SMILES string of the molecule is CCOC(=O)COC(=O)CC[C@@H](C)[C@H]1CC[C@H]2[C@@H]3[C@H](O)C[C@@H]4C[C@H](O)CC[C@]4(C)[C@H]3C[C@H](O)[C@]12C. The molecule has 0 radical (unpaired) electrons. The number of fused-ring (bicyclic) bond motifs is 5. The van der Waals surface area contributed by atoms with Crippen molar-refractivity contribution >= 4 is 11.9 Å². The molecule has 7 heteroatoms. The molecule has 0 heterocycles. The van der Waals surface area contributed by atoms with Gasteiger partial charge < -0.3 is 24.8 Å². The zero-order chi connectivity index (χ0) is 25.5. The van der Waals surface area contributed by atoms with E-state index in [0.717, 1.165) is 38.5 Å². The summed E-state index contributed by atoms with van der Waals surface area (Å²) >= 11 is 0. The minimum atomic E-state index is -0.533. The van der Waals surface area contributed by atoms with Crippen LogP contribution < -0.4 is 0 Å². The van der Waals surface area contributed by atoms with Gasteiger partial charge in [0.15, 0.2) is 6.61 Å². The van der Waals surface area contributed by atoms with Crippen LogP contribution in [0.3, 0.4) is 0 Å². The number of carbonyl (C=O) groups is 2. The molecule has 0 unspecified atom stereocenters. The van der Waals surface area contributed by atoms with E-state index in [-0.39, 0.29) is 72.3 Å². The maximum atomic E-state index is 12.2. The van der Waals surface area contributed by atoms with Crippen molar-refractivity contribution in [3.63, 3.8) is 0 Å². The minimum Gasteiger partial charge on any atom is -0.463 e. The molecule has 3 N–H and O–H groups in total. The van der Waals surface area contributed by atoms with Gasteiger partial charge in [0.1, 0.15) is 0 Å². The maximum absolute atomic E-state index is 12.2. The predicted octanol–water partition coefficient (Wildman–Crippen LogP) is 3.47. The van der Waals surface area contributed by atoms with Crippen LogP contribution in [0, 0.1) is 46.3 Å². The van der Waals surface area contributed by atoms with Crippen molar-refractivity contribution < 1.29 is 34.4 Å². The molecule has 0 saturated heterocycles. The van der Waals surface area contributed by atoms with Crippen LogP contribution in [0.15, 0.2) is 0 Å². The van der Waals surface area contributed by atoms with E-state index >= 15 is 0 Å². The van der Waals surface area contributed by atoms with Crippen LogP contribution in [0.2, 0.25) is 0 Å². The Bertz CT molecular complexity index is 785. The monoisotopic (exact) mass is 494 g/mol. The smallest absolute Gasteiger partial charge is 0.344 e. The molecule has 4 fully saturated rings. The van der Waals surface area contributed by atoms with E-state index in [4.69, 9.17) is 9.47 Å². The molecule has 4 saturated carbocycles. The van der Waals surface area contributed by atoms with Crippen molar-refractivity contribution in [1.29, 1.82) is 0 Å². The molecular formula is C28H46O7. The van der Waals surface area contributed by atoms with E-state index in [2.05, 4.69) is 20.8 Å². The second kappa shape index (κ2) is 10.3. The number of rotatable bonds is 7. The molecule has 4 aliphatic carbocycles. The Balaban J connectivity index is 1.43. The van der Waals surface area contributed by atoms with Crippen LogP contribution in [0.4, 0.5) is 0 Å². The summed E-state index contributed by atoms with van der Waals surface area (Å²) in [6.45, 7) is 8.35. The molecule has 0 aromatic rings. The normalized spacial score (nSPS) is 45.6. The first-order valence-corrected chi connectivity index (χ1v) is 13.9. The lowest BCUT2D eigenvalue weighted by Gasteiger charge is -2.63. The van der Waals surface area contributed by atoms with E-state index in [1.54, 1.807) is 6.92 Å². The highest BCUT2D eigenvalue weighted by molar-refractivity contribution is 5.76. The van der Waals surface area contributed by atoms with Crippen LogP contribution in [0.5, 0.6) is 0 Å². The lowest BCUT2D eigenvalue weighted by molar-refractivity contribution is -0.207. The fraction of sp³-hybridized carbons (Fsp3) is 0.929. The number of hydrogen-bond donors (Lipinski definition) is 3. The van der Waals surface area contributed by atoms with Crippen LogP contribution >= 0.6 is 0 Å². The second-order valence-corrected chi connectivity index (χ2v) is 12.5. The van der Waals surface area contributed by atoms with Crippen molar-refractivity contribution in [2.45, 2.75) is 104 Å². The number of aliphatic hydroxyl groups excluding tert-OH is 3. The lowest BCUT2D eigenvalue weighted by Crippen LogP contribution is -2.62.